The van der Waals surface area contributed by atoms with Crippen LogP contribution in [0.2, 0.25) is 0 Å². The minimum Gasteiger partial charge on any atom is -0.457 e. The smallest absolute Gasteiger partial charge is 0.178 e. The van der Waals surface area contributed by atoms with Crippen molar-refractivity contribution >= 4 is 11.5 Å². The van der Waals surface area contributed by atoms with Gasteiger partial charge in [0.15, 0.2) is 11.5 Å². The summed E-state index contributed by atoms with van der Waals surface area (Å²) < 4.78 is 7.52. The molecule has 1 N–H and O–H groups in total. The zero-order valence-corrected chi connectivity index (χ0v) is 13.8. The Balaban J connectivity index is 1.41. The molecule has 0 fully saturated rings. The average Bonchev–Trinajstić information content (AvgIpc) is 3.03. The molecule has 25 heavy (non-hydrogen) atoms. The summed E-state index contributed by atoms with van der Waals surface area (Å²) in [5.41, 5.74) is 1.88. The van der Waals surface area contributed by atoms with Crippen LogP contribution in [0.5, 0.6) is 11.5 Å². The first-order valence-corrected chi connectivity index (χ1v) is 8.03. The lowest BCUT2D eigenvalue weighted by Gasteiger charge is -2.08. The van der Waals surface area contributed by atoms with Crippen molar-refractivity contribution in [2.24, 2.45) is 0 Å². The third-order valence-corrected chi connectivity index (χ3v) is 3.79. The molecule has 0 unspecified atom stereocenters. The number of aromatic nitrogens is 4. The Hall–Kier alpha value is -3.41. The zero-order valence-electron chi connectivity index (χ0n) is 13.8. The summed E-state index contributed by atoms with van der Waals surface area (Å²) in [5, 5.41) is 15.8. The molecule has 0 aliphatic rings. The second-order valence-electron chi connectivity index (χ2n) is 5.65. The van der Waals surface area contributed by atoms with Gasteiger partial charge in [-0.1, -0.05) is 30.3 Å². The predicted molar refractivity (Wildman–Crippen MR) is 95.8 cm³/mol. The molecule has 4 rings (SSSR count). The molecule has 0 saturated carbocycles. The number of hydrogen-bond acceptors (Lipinski definition) is 5. The Morgan fingerprint density at radius 3 is 2.44 bits per heavy atom. The molecule has 0 aliphatic carbocycles. The number of benzene rings is 2. The van der Waals surface area contributed by atoms with E-state index in [2.05, 4.69) is 20.6 Å². The Bertz CT molecular complexity index is 980. The molecule has 0 atom stereocenters. The van der Waals surface area contributed by atoms with E-state index in [1.807, 2.05) is 73.7 Å². The summed E-state index contributed by atoms with van der Waals surface area (Å²) in [5.74, 6) is 3.19. The van der Waals surface area contributed by atoms with Gasteiger partial charge in [-0.2, -0.15) is 4.52 Å². The van der Waals surface area contributed by atoms with Gasteiger partial charge in [0, 0.05) is 6.54 Å². The molecule has 2 aromatic heterocycles. The highest BCUT2D eigenvalue weighted by molar-refractivity contribution is 5.44. The number of para-hydroxylation sites is 1. The molecule has 6 nitrogen and oxygen atoms in total. The fourth-order valence-electron chi connectivity index (χ4n) is 2.48. The Morgan fingerprint density at radius 2 is 1.64 bits per heavy atom. The van der Waals surface area contributed by atoms with Crippen LogP contribution in [0.4, 0.5) is 5.82 Å². The van der Waals surface area contributed by atoms with Gasteiger partial charge in [-0.25, -0.2) is 0 Å². The molecule has 0 radical (unpaired) electrons. The first-order chi connectivity index (χ1) is 12.3. The summed E-state index contributed by atoms with van der Waals surface area (Å²) >= 11 is 0. The molecule has 4 aromatic rings. The van der Waals surface area contributed by atoms with E-state index < -0.39 is 0 Å². The van der Waals surface area contributed by atoms with Gasteiger partial charge < -0.3 is 10.1 Å². The van der Waals surface area contributed by atoms with Gasteiger partial charge in [0.1, 0.15) is 17.3 Å². The second kappa shape index (κ2) is 6.60. The highest BCUT2D eigenvalue weighted by atomic mass is 16.5. The molecule has 2 aromatic carbocycles. The molecule has 6 heteroatoms. The normalized spacial score (nSPS) is 10.8. The number of rotatable bonds is 5. The van der Waals surface area contributed by atoms with Gasteiger partial charge in [-0.3, -0.25) is 0 Å². The van der Waals surface area contributed by atoms with Crippen LogP contribution in [0.25, 0.3) is 5.65 Å². The van der Waals surface area contributed by atoms with Crippen LogP contribution in [-0.2, 0) is 6.54 Å². The summed E-state index contributed by atoms with van der Waals surface area (Å²) in [6.07, 6.45) is 0. The van der Waals surface area contributed by atoms with Crippen molar-refractivity contribution in [1.29, 1.82) is 0 Å². The van der Waals surface area contributed by atoms with E-state index >= 15 is 0 Å². The monoisotopic (exact) mass is 331 g/mol. The van der Waals surface area contributed by atoms with Crippen molar-refractivity contribution in [3.63, 3.8) is 0 Å². The van der Waals surface area contributed by atoms with Crippen LogP contribution in [0.3, 0.4) is 0 Å². The van der Waals surface area contributed by atoms with Crippen LogP contribution in [0.15, 0.2) is 66.7 Å². The van der Waals surface area contributed by atoms with E-state index in [4.69, 9.17) is 4.74 Å². The molecule has 2 heterocycles. The minimum atomic E-state index is 0.672. The highest BCUT2D eigenvalue weighted by Gasteiger charge is 2.03. The van der Waals surface area contributed by atoms with Crippen LogP contribution in [0, 0.1) is 6.92 Å². The lowest BCUT2D eigenvalue weighted by atomic mass is 10.2. The van der Waals surface area contributed by atoms with Gasteiger partial charge in [0.2, 0.25) is 0 Å². The van der Waals surface area contributed by atoms with Crippen LogP contribution in [0.1, 0.15) is 11.4 Å². The number of fused-ring (bicyclic) bond motifs is 1. The largest absolute Gasteiger partial charge is 0.457 e. The summed E-state index contributed by atoms with van der Waals surface area (Å²) in [7, 11) is 0. The average molecular weight is 331 g/mol. The fourth-order valence-corrected chi connectivity index (χ4v) is 2.48. The molecule has 0 aliphatic heterocycles. The van der Waals surface area contributed by atoms with Crippen molar-refractivity contribution in [3.8, 4) is 11.5 Å². The SMILES string of the molecule is Cc1nnc2ccc(NCc3ccc(Oc4ccccc4)cc3)nn12. The summed E-state index contributed by atoms with van der Waals surface area (Å²) in [4.78, 5) is 0. The van der Waals surface area contributed by atoms with Crippen molar-refractivity contribution in [3.05, 3.63) is 78.1 Å². The predicted octanol–water partition coefficient (Wildman–Crippen LogP) is 3.84. The van der Waals surface area contributed by atoms with Crippen LogP contribution in [-0.4, -0.2) is 19.8 Å². The van der Waals surface area contributed by atoms with Crippen molar-refractivity contribution in [2.45, 2.75) is 13.5 Å². The van der Waals surface area contributed by atoms with Gasteiger partial charge >= 0.3 is 0 Å². The van der Waals surface area contributed by atoms with E-state index in [1.54, 1.807) is 4.52 Å². The number of ether oxygens (including phenoxy) is 1. The molecule has 0 amide bonds. The van der Waals surface area contributed by atoms with Gasteiger partial charge in [-0.15, -0.1) is 15.3 Å². The molecule has 124 valence electrons. The van der Waals surface area contributed by atoms with Gasteiger partial charge in [0.25, 0.3) is 0 Å². The Morgan fingerprint density at radius 1 is 0.880 bits per heavy atom. The van der Waals surface area contributed by atoms with Crippen molar-refractivity contribution in [1.82, 2.24) is 19.8 Å². The molecule has 0 bridgehead atoms. The first kappa shape index (κ1) is 15.1. The lowest BCUT2D eigenvalue weighted by molar-refractivity contribution is 0.482. The number of hydrogen-bond donors (Lipinski definition) is 1. The van der Waals surface area contributed by atoms with Gasteiger partial charge in [-0.05, 0) is 48.9 Å². The summed E-state index contributed by atoms with van der Waals surface area (Å²) in [6.45, 7) is 2.55. The number of anilines is 1. The maximum atomic E-state index is 5.80. The molecular weight excluding hydrogens is 314 g/mol. The van der Waals surface area contributed by atoms with E-state index in [1.165, 1.54) is 0 Å². The van der Waals surface area contributed by atoms with E-state index in [-0.39, 0.29) is 0 Å². The number of nitrogens with zero attached hydrogens (tertiary/aromatic N) is 4. The first-order valence-electron chi connectivity index (χ1n) is 8.03. The van der Waals surface area contributed by atoms with Crippen molar-refractivity contribution < 1.29 is 4.74 Å². The van der Waals surface area contributed by atoms with E-state index in [0.717, 1.165) is 34.4 Å². The van der Waals surface area contributed by atoms with E-state index in [9.17, 15) is 0 Å². The number of nitrogens with one attached hydrogen (secondary N) is 1. The second-order valence-corrected chi connectivity index (χ2v) is 5.65. The minimum absolute atomic E-state index is 0.672. The molecule has 0 saturated heterocycles. The fraction of sp³-hybridized carbons (Fsp3) is 0.105. The summed E-state index contributed by atoms with van der Waals surface area (Å²) in [6, 6.07) is 21.5. The van der Waals surface area contributed by atoms with E-state index in [0.29, 0.717) is 6.54 Å². The Labute approximate surface area is 145 Å². The lowest BCUT2D eigenvalue weighted by Crippen LogP contribution is -2.04. The quantitative estimate of drug-likeness (QED) is 0.602. The zero-order chi connectivity index (χ0) is 17.1. The Kier molecular flexibility index (Phi) is 4.00. The maximum absolute atomic E-state index is 5.80. The molecule has 0 spiro atoms. The van der Waals surface area contributed by atoms with Crippen LogP contribution < -0.4 is 10.1 Å². The maximum Gasteiger partial charge on any atom is 0.178 e. The third kappa shape index (κ3) is 3.42. The van der Waals surface area contributed by atoms with Crippen LogP contribution >= 0.6 is 0 Å². The molecular formula is C19H17N5O. The highest BCUT2D eigenvalue weighted by Crippen LogP contribution is 2.21. The third-order valence-electron chi connectivity index (χ3n) is 3.79. The number of aryl methyl sites for hydroxylation is 1. The topological polar surface area (TPSA) is 64.3 Å². The standard InChI is InChI=1S/C19H17N5O/c1-14-21-22-19-12-11-18(23-24(14)19)20-13-15-7-9-17(10-8-15)25-16-5-3-2-4-6-16/h2-12H,13H2,1H3,(H,20,23). The van der Waals surface area contributed by atoms with Crippen molar-refractivity contribution in [2.75, 3.05) is 5.32 Å². The van der Waals surface area contributed by atoms with Gasteiger partial charge in [0.05, 0.1) is 0 Å².